The summed E-state index contributed by atoms with van der Waals surface area (Å²) in [6, 6.07) is 1.25. The standard InChI is InChI=1S/C6H15N.C4H9.2Li.H/c1-5(2)7-6(3)4;1-3-4-2;;;/h5-7H,1-4H3;1,3-4H2,2H3;;;. The van der Waals surface area contributed by atoms with E-state index < -0.39 is 0 Å². The molecule has 3 heteroatoms. The summed E-state index contributed by atoms with van der Waals surface area (Å²) in [5.41, 5.74) is 0. The van der Waals surface area contributed by atoms with E-state index in [1.54, 1.807) is 0 Å². The van der Waals surface area contributed by atoms with E-state index in [-0.39, 0.29) is 18.9 Å². The first-order chi connectivity index (χ1) is 5.54. The summed E-state index contributed by atoms with van der Waals surface area (Å²) >= 11 is 2.21. The van der Waals surface area contributed by atoms with Crippen molar-refractivity contribution in [1.82, 2.24) is 5.32 Å². The molecule has 0 unspecified atom stereocenters. The van der Waals surface area contributed by atoms with Crippen LogP contribution in [0.15, 0.2) is 0 Å². The fourth-order valence-electron chi connectivity index (χ4n) is 1.02. The van der Waals surface area contributed by atoms with Crippen molar-refractivity contribution in [2.24, 2.45) is 0 Å². The van der Waals surface area contributed by atoms with Crippen LogP contribution in [0.5, 0.6) is 0 Å². The van der Waals surface area contributed by atoms with E-state index in [1.165, 1.54) is 17.9 Å². The van der Waals surface area contributed by atoms with Crippen molar-refractivity contribution in [3.63, 3.8) is 0 Å². The average molecular weight is 173 g/mol. The van der Waals surface area contributed by atoms with Gasteiger partial charge in [-0.15, -0.1) is 0 Å². The van der Waals surface area contributed by atoms with Gasteiger partial charge in [0.1, 0.15) is 0 Å². The molecule has 0 aromatic rings. The van der Waals surface area contributed by atoms with Gasteiger partial charge in [0.15, 0.2) is 0 Å². The maximum atomic E-state index is 3.31. The number of nitrogens with one attached hydrogen (secondary N) is 1. The van der Waals surface area contributed by atoms with Crippen LogP contribution in [0.4, 0.5) is 0 Å². The number of rotatable bonds is 4. The molecule has 0 atom stereocenters. The minimum atomic E-state index is 0. The summed E-state index contributed by atoms with van der Waals surface area (Å²) in [5.74, 6) is 0. The van der Waals surface area contributed by atoms with Crippen LogP contribution in [-0.4, -0.2) is 48.7 Å². The Morgan fingerprint density at radius 2 is 1.46 bits per heavy atom. The summed E-state index contributed by atoms with van der Waals surface area (Å²) in [7, 11) is 0. The third-order valence-electron chi connectivity index (χ3n) is 1.37. The molecule has 1 N–H and O–H groups in total. The molecular weight excluding hydrogens is 148 g/mol. The quantitative estimate of drug-likeness (QED) is 0.642. The molecule has 1 nitrogen and oxygen atoms in total. The van der Waals surface area contributed by atoms with Gasteiger partial charge < -0.3 is 5.32 Å². The second kappa shape index (κ2) is 15.6. The van der Waals surface area contributed by atoms with Gasteiger partial charge in [-0.05, 0) is 0 Å². The molecule has 0 spiro atoms. The molecule has 0 heterocycles. The van der Waals surface area contributed by atoms with Crippen molar-refractivity contribution >= 4 is 36.6 Å². The fourth-order valence-corrected chi connectivity index (χ4v) is 1.02. The Balaban J connectivity index is -0.000000150. The molecule has 0 amide bonds. The van der Waals surface area contributed by atoms with Crippen molar-refractivity contribution in [3.05, 3.63) is 0 Å². The fraction of sp³-hybridized carbons (Fsp3) is 1.00. The van der Waals surface area contributed by atoms with Crippen LogP contribution in [0.2, 0.25) is 5.09 Å². The zero-order valence-electron chi connectivity index (χ0n) is 9.78. The van der Waals surface area contributed by atoms with Crippen molar-refractivity contribution in [3.8, 4) is 0 Å². The first-order valence-corrected chi connectivity index (χ1v) is 5.30. The van der Waals surface area contributed by atoms with Gasteiger partial charge in [0.05, 0.1) is 0 Å². The number of hydrogen-bond donors (Lipinski definition) is 1. The van der Waals surface area contributed by atoms with Crippen LogP contribution in [0, 0.1) is 0 Å². The van der Waals surface area contributed by atoms with Gasteiger partial charge in [-0.25, -0.2) is 0 Å². The molecule has 0 bridgehead atoms. The van der Waals surface area contributed by atoms with Gasteiger partial charge in [0.25, 0.3) is 0 Å². The predicted molar refractivity (Wildman–Crippen MR) is 66.0 cm³/mol. The van der Waals surface area contributed by atoms with E-state index in [9.17, 15) is 0 Å². The predicted octanol–water partition coefficient (Wildman–Crippen LogP) is 2.12. The molecule has 0 radical (unpaired) electrons. The van der Waals surface area contributed by atoms with Gasteiger partial charge in [0.2, 0.25) is 0 Å². The van der Waals surface area contributed by atoms with Crippen LogP contribution in [0.1, 0.15) is 47.5 Å². The van der Waals surface area contributed by atoms with Crippen LogP contribution < -0.4 is 5.32 Å². The molecule has 0 aromatic heterocycles. The van der Waals surface area contributed by atoms with E-state index in [0.29, 0.717) is 12.1 Å². The maximum absolute atomic E-state index is 3.31. The Labute approximate surface area is 106 Å². The number of hydrogen-bond acceptors (Lipinski definition) is 1. The first-order valence-electron chi connectivity index (χ1n) is 5.30. The van der Waals surface area contributed by atoms with Gasteiger partial charge in [-0.2, -0.15) is 0 Å². The molecule has 0 aliphatic carbocycles. The molecule has 72 valence electrons. The second-order valence-corrected chi connectivity index (χ2v) is 3.83. The van der Waals surface area contributed by atoms with E-state index in [2.05, 4.69) is 57.7 Å². The van der Waals surface area contributed by atoms with E-state index >= 15 is 0 Å². The summed E-state index contributed by atoms with van der Waals surface area (Å²) in [6.07, 6.45) is 2.73. The second-order valence-electron chi connectivity index (χ2n) is 3.83. The first kappa shape index (κ1) is 19.7. The van der Waals surface area contributed by atoms with E-state index in [4.69, 9.17) is 0 Å². The SMILES string of the molecule is CC(C)NC(C)C.[LiH].[Li][CH2]CCC. The van der Waals surface area contributed by atoms with E-state index in [0.717, 1.165) is 0 Å². The molecular formula is C10H25Li2N. The minimum absolute atomic E-state index is 0. The van der Waals surface area contributed by atoms with Crippen molar-refractivity contribution < 1.29 is 0 Å². The van der Waals surface area contributed by atoms with Gasteiger partial charge >= 0.3 is 61.4 Å². The topological polar surface area (TPSA) is 12.0 Å². The molecule has 0 rings (SSSR count). The van der Waals surface area contributed by atoms with Crippen molar-refractivity contribution in [2.75, 3.05) is 0 Å². The Morgan fingerprint density at radius 1 is 1.08 bits per heavy atom. The summed E-state index contributed by atoms with van der Waals surface area (Å²) in [5, 5.41) is 4.65. The monoisotopic (exact) mass is 173 g/mol. The summed E-state index contributed by atoms with van der Waals surface area (Å²) in [4.78, 5) is 0. The number of unbranched alkanes of at least 4 members (excludes halogenated alkanes) is 1. The van der Waals surface area contributed by atoms with Crippen LogP contribution in [-0.2, 0) is 0 Å². The molecule has 0 aliphatic rings. The Hall–Kier alpha value is 1.15. The molecule has 0 aliphatic heterocycles. The Morgan fingerprint density at radius 3 is 1.46 bits per heavy atom. The van der Waals surface area contributed by atoms with Crippen LogP contribution >= 0.6 is 0 Å². The normalized spacial score (nSPS) is 9.31. The molecule has 0 saturated heterocycles. The Bertz CT molecular complexity index is 67.3. The molecule has 0 aromatic carbocycles. The molecule has 0 fully saturated rings. The zero-order valence-corrected chi connectivity index (χ0v) is 9.78. The summed E-state index contributed by atoms with van der Waals surface area (Å²) in [6.45, 7) is 10.8. The summed E-state index contributed by atoms with van der Waals surface area (Å²) < 4.78 is 0. The molecule has 13 heavy (non-hydrogen) atoms. The van der Waals surface area contributed by atoms with Gasteiger partial charge in [0, 0.05) is 12.1 Å². The van der Waals surface area contributed by atoms with Gasteiger partial charge in [-0.1, -0.05) is 27.7 Å². The third-order valence-corrected chi connectivity index (χ3v) is 1.37. The third kappa shape index (κ3) is 32.0. The van der Waals surface area contributed by atoms with Crippen LogP contribution in [0.25, 0.3) is 0 Å². The van der Waals surface area contributed by atoms with Gasteiger partial charge in [-0.3, -0.25) is 0 Å². The van der Waals surface area contributed by atoms with Crippen molar-refractivity contribution in [1.29, 1.82) is 0 Å². The molecule has 0 saturated carbocycles. The van der Waals surface area contributed by atoms with E-state index in [1.807, 2.05) is 0 Å². The zero-order chi connectivity index (χ0) is 9.98. The Kier molecular flexibility index (Phi) is 23.7. The van der Waals surface area contributed by atoms with Crippen molar-refractivity contribution in [2.45, 2.75) is 64.6 Å². The van der Waals surface area contributed by atoms with Crippen LogP contribution in [0.3, 0.4) is 0 Å². The average Bonchev–Trinajstić information content (AvgIpc) is 1.87.